The molecule has 1 fully saturated rings. The zero-order valence-electron chi connectivity index (χ0n) is 14.4. The van der Waals surface area contributed by atoms with Gasteiger partial charge in [0.1, 0.15) is 11.9 Å². The average Bonchev–Trinajstić information content (AvgIpc) is 2.60. The molecule has 1 aromatic heterocycles. The molecular formula is C18H21ClN4O2S. The molecule has 138 valence electrons. The largest absolute Gasteiger partial charge is 0.463 e. The summed E-state index contributed by atoms with van der Waals surface area (Å²) in [6.45, 7) is 1.45. The number of nitrogens with two attached hydrogens (primary N) is 1. The van der Waals surface area contributed by atoms with E-state index < -0.39 is 0 Å². The van der Waals surface area contributed by atoms with E-state index in [9.17, 15) is 4.79 Å². The summed E-state index contributed by atoms with van der Waals surface area (Å²) in [4.78, 5) is 21.5. The van der Waals surface area contributed by atoms with Crippen LogP contribution in [0.2, 0.25) is 5.02 Å². The lowest BCUT2D eigenvalue weighted by Crippen LogP contribution is -2.31. The molecule has 3 rings (SSSR count). The fourth-order valence-electron chi connectivity index (χ4n) is 2.95. The second-order valence-electron chi connectivity index (χ2n) is 6.22. The molecule has 2 aromatic rings. The summed E-state index contributed by atoms with van der Waals surface area (Å²) >= 11 is 7.50. The van der Waals surface area contributed by atoms with Crippen molar-refractivity contribution in [3.63, 3.8) is 0 Å². The van der Waals surface area contributed by atoms with Crippen molar-refractivity contribution < 1.29 is 9.53 Å². The molecule has 0 amide bonds. The van der Waals surface area contributed by atoms with Crippen molar-refractivity contribution in [2.24, 2.45) is 0 Å². The van der Waals surface area contributed by atoms with Gasteiger partial charge in [0.2, 0.25) is 5.95 Å². The predicted octanol–water partition coefficient (Wildman–Crippen LogP) is 4.15. The van der Waals surface area contributed by atoms with Crippen molar-refractivity contribution in [1.82, 2.24) is 9.97 Å². The smallest absolute Gasteiger partial charge is 0.302 e. The summed E-state index contributed by atoms with van der Waals surface area (Å²) in [5.41, 5.74) is 5.78. The van der Waals surface area contributed by atoms with E-state index in [1.807, 2.05) is 24.3 Å². The number of carbonyl (C=O) groups is 1. The number of esters is 1. The van der Waals surface area contributed by atoms with Crippen LogP contribution in [0.15, 0.2) is 40.3 Å². The molecular weight excluding hydrogens is 372 g/mol. The number of ether oxygens (including phenoxy) is 1. The molecule has 8 heteroatoms. The van der Waals surface area contributed by atoms with Crippen LogP contribution in [0.1, 0.15) is 32.6 Å². The van der Waals surface area contributed by atoms with Gasteiger partial charge in [-0.2, -0.15) is 4.98 Å². The minimum absolute atomic E-state index is 0.0175. The Bertz CT molecular complexity index is 764. The van der Waals surface area contributed by atoms with E-state index in [2.05, 4.69) is 15.3 Å². The molecule has 0 atom stereocenters. The third kappa shape index (κ3) is 5.25. The Morgan fingerprint density at radius 3 is 2.62 bits per heavy atom. The topological polar surface area (TPSA) is 90.1 Å². The van der Waals surface area contributed by atoms with Gasteiger partial charge >= 0.3 is 5.97 Å². The summed E-state index contributed by atoms with van der Waals surface area (Å²) in [7, 11) is 0. The van der Waals surface area contributed by atoms with Crippen LogP contribution in [0.5, 0.6) is 0 Å². The maximum atomic E-state index is 11.1. The number of rotatable bonds is 5. The highest BCUT2D eigenvalue weighted by molar-refractivity contribution is 7.99. The second kappa shape index (κ2) is 8.60. The van der Waals surface area contributed by atoms with E-state index in [0.29, 0.717) is 5.02 Å². The van der Waals surface area contributed by atoms with Crippen molar-refractivity contribution >= 4 is 41.1 Å². The van der Waals surface area contributed by atoms with Crippen LogP contribution >= 0.6 is 23.4 Å². The maximum Gasteiger partial charge on any atom is 0.302 e. The molecule has 1 saturated carbocycles. The third-order valence-corrected chi connectivity index (χ3v) is 5.44. The predicted molar refractivity (Wildman–Crippen MR) is 103 cm³/mol. The highest BCUT2D eigenvalue weighted by atomic mass is 35.5. The van der Waals surface area contributed by atoms with Gasteiger partial charge in [-0.15, -0.1) is 0 Å². The number of nitrogens with zero attached hydrogens (tertiary/aromatic N) is 2. The number of carbonyl (C=O) groups excluding carboxylic acids is 1. The Morgan fingerprint density at radius 1 is 1.27 bits per heavy atom. The monoisotopic (exact) mass is 392 g/mol. The van der Waals surface area contributed by atoms with Gasteiger partial charge in [0, 0.05) is 29.1 Å². The lowest BCUT2D eigenvalue weighted by Gasteiger charge is -2.29. The normalized spacial score (nSPS) is 19.8. The number of anilines is 2. The number of benzene rings is 1. The van der Waals surface area contributed by atoms with E-state index in [4.69, 9.17) is 22.1 Å². The Hall–Kier alpha value is -1.99. The van der Waals surface area contributed by atoms with Gasteiger partial charge < -0.3 is 15.8 Å². The fraction of sp³-hybridized carbons (Fsp3) is 0.389. The van der Waals surface area contributed by atoms with Gasteiger partial charge in [-0.25, -0.2) is 4.98 Å². The molecule has 3 N–H and O–H groups in total. The zero-order valence-corrected chi connectivity index (χ0v) is 16.0. The van der Waals surface area contributed by atoms with Crippen LogP contribution in [0, 0.1) is 0 Å². The fourth-order valence-corrected chi connectivity index (χ4v) is 3.90. The van der Waals surface area contributed by atoms with Crippen LogP contribution < -0.4 is 11.1 Å². The molecule has 0 saturated heterocycles. The van der Waals surface area contributed by atoms with Crippen molar-refractivity contribution in [3.8, 4) is 0 Å². The molecule has 6 nitrogen and oxygen atoms in total. The van der Waals surface area contributed by atoms with Crippen LogP contribution in [0.25, 0.3) is 0 Å². The van der Waals surface area contributed by atoms with Crippen molar-refractivity contribution in [3.05, 3.63) is 35.5 Å². The molecule has 1 heterocycles. The molecule has 0 unspecified atom stereocenters. The first kappa shape index (κ1) is 18.8. The van der Waals surface area contributed by atoms with Gasteiger partial charge in [-0.3, -0.25) is 4.79 Å². The molecule has 0 bridgehead atoms. The van der Waals surface area contributed by atoms with Gasteiger partial charge in [0.05, 0.1) is 4.90 Å². The first-order chi connectivity index (χ1) is 12.5. The van der Waals surface area contributed by atoms with Gasteiger partial charge in [0.25, 0.3) is 0 Å². The minimum atomic E-state index is -0.216. The molecule has 0 radical (unpaired) electrons. The third-order valence-electron chi connectivity index (χ3n) is 4.16. The van der Waals surface area contributed by atoms with Crippen molar-refractivity contribution in [1.29, 1.82) is 0 Å². The van der Waals surface area contributed by atoms with Gasteiger partial charge in [0.15, 0.2) is 0 Å². The summed E-state index contributed by atoms with van der Waals surface area (Å²) < 4.78 is 5.29. The van der Waals surface area contributed by atoms with Crippen LogP contribution in [-0.2, 0) is 9.53 Å². The number of hydrogen-bond donors (Lipinski definition) is 2. The molecule has 1 aliphatic rings. The standard InChI is InChI=1S/C18H21ClN4O2S/c1-11(24)25-14-6-4-13(5-7-14)22-17-16(10-21-18(20)23-17)26-15-8-2-12(19)3-9-15/h2-3,8-10,13-14H,4-7H2,1H3,(H3,20,21,22,23). The minimum Gasteiger partial charge on any atom is -0.463 e. The first-order valence-corrected chi connectivity index (χ1v) is 9.69. The van der Waals surface area contributed by atoms with E-state index in [-0.39, 0.29) is 24.1 Å². The quantitative estimate of drug-likeness (QED) is 0.738. The Balaban J connectivity index is 1.67. The lowest BCUT2D eigenvalue weighted by molar-refractivity contribution is -0.147. The summed E-state index contributed by atoms with van der Waals surface area (Å²) in [5, 5.41) is 4.18. The number of hydrogen-bond acceptors (Lipinski definition) is 7. The van der Waals surface area contributed by atoms with Gasteiger partial charge in [-0.1, -0.05) is 23.4 Å². The number of nitrogen functional groups attached to an aromatic ring is 1. The number of halogens is 1. The van der Waals surface area contributed by atoms with Crippen LogP contribution in [-0.4, -0.2) is 28.1 Å². The highest BCUT2D eigenvalue weighted by Gasteiger charge is 2.24. The van der Waals surface area contributed by atoms with Gasteiger partial charge in [-0.05, 0) is 49.9 Å². The van der Waals surface area contributed by atoms with E-state index in [1.54, 1.807) is 18.0 Å². The molecule has 0 aliphatic heterocycles. The maximum absolute atomic E-state index is 11.1. The molecule has 1 aromatic carbocycles. The summed E-state index contributed by atoms with van der Waals surface area (Å²) in [6, 6.07) is 7.88. The Labute approximate surface area is 161 Å². The van der Waals surface area contributed by atoms with E-state index in [1.165, 1.54) is 6.92 Å². The first-order valence-electron chi connectivity index (χ1n) is 8.49. The molecule has 26 heavy (non-hydrogen) atoms. The lowest BCUT2D eigenvalue weighted by atomic mass is 9.93. The van der Waals surface area contributed by atoms with E-state index >= 15 is 0 Å². The Morgan fingerprint density at radius 2 is 1.96 bits per heavy atom. The average molecular weight is 393 g/mol. The number of nitrogens with one attached hydrogen (secondary N) is 1. The van der Waals surface area contributed by atoms with Crippen LogP contribution in [0.3, 0.4) is 0 Å². The SMILES string of the molecule is CC(=O)OC1CCC(Nc2nc(N)ncc2Sc2ccc(Cl)cc2)CC1. The Kier molecular flexibility index (Phi) is 6.21. The van der Waals surface area contributed by atoms with Crippen molar-refractivity contribution in [2.75, 3.05) is 11.1 Å². The number of aromatic nitrogens is 2. The molecule has 0 spiro atoms. The van der Waals surface area contributed by atoms with Crippen LogP contribution in [0.4, 0.5) is 11.8 Å². The van der Waals surface area contributed by atoms with E-state index in [0.717, 1.165) is 41.3 Å². The summed E-state index contributed by atoms with van der Waals surface area (Å²) in [5.74, 6) is 0.751. The summed E-state index contributed by atoms with van der Waals surface area (Å²) in [6.07, 6.45) is 5.26. The zero-order chi connectivity index (χ0) is 18.5. The highest BCUT2D eigenvalue weighted by Crippen LogP contribution is 2.34. The molecule has 1 aliphatic carbocycles. The van der Waals surface area contributed by atoms with Crippen molar-refractivity contribution in [2.45, 2.75) is 54.5 Å². The second-order valence-corrected chi connectivity index (χ2v) is 7.78.